The van der Waals surface area contributed by atoms with Crippen molar-refractivity contribution in [2.24, 2.45) is 5.92 Å². The summed E-state index contributed by atoms with van der Waals surface area (Å²) in [6.45, 7) is 3.82. The summed E-state index contributed by atoms with van der Waals surface area (Å²) >= 11 is 1.44. The molecule has 2 aromatic heterocycles. The highest BCUT2D eigenvalue weighted by Crippen LogP contribution is 2.40. The maximum Gasteiger partial charge on any atom is 0.341 e. The highest BCUT2D eigenvalue weighted by molar-refractivity contribution is 7.17. The third kappa shape index (κ3) is 3.61. The van der Waals surface area contributed by atoms with Gasteiger partial charge in [0.2, 0.25) is 5.91 Å². The first-order chi connectivity index (χ1) is 13.9. The minimum absolute atomic E-state index is 0.121. The fraction of sp³-hybridized carbons (Fsp3) is 0.524. The molecule has 0 aromatic carbocycles. The van der Waals surface area contributed by atoms with Gasteiger partial charge in [-0.2, -0.15) is 0 Å². The topological polar surface area (TPSA) is 90.3 Å². The number of amides is 1. The van der Waals surface area contributed by atoms with Crippen molar-refractivity contribution in [1.82, 2.24) is 9.55 Å². The molecule has 154 valence electrons. The molecule has 7 nitrogen and oxygen atoms in total. The van der Waals surface area contributed by atoms with Crippen LogP contribution in [0.3, 0.4) is 0 Å². The van der Waals surface area contributed by atoms with Crippen LogP contribution in [0, 0.1) is 12.8 Å². The first-order valence-corrected chi connectivity index (χ1v) is 10.8. The maximum atomic E-state index is 12.8. The van der Waals surface area contributed by atoms with E-state index in [1.807, 2.05) is 0 Å². The summed E-state index contributed by atoms with van der Waals surface area (Å²) in [4.78, 5) is 43.6. The minimum Gasteiger partial charge on any atom is -0.465 e. The zero-order valence-electron chi connectivity index (χ0n) is 17.0. The highest BCUT2D eigenvalue weighted by Gasteiger charge is 2.29. The maximum absolute atomic E-state index is 12.8. The summed E-state index contributed by atoms with van der Waals surface area (Å²) in [5.74, 6) is 0.318. The summed E-state index contributed by atoms with van der Waals surface area (Å²) in [5.41, 5.74) is 2.90. The SMILES string of the molecule is COC(=O)c1c(NC(=O)Cn2c(C)nc3c(c2=O)CCC3)sc2c1CC[C@H](C)C2. The van der Waals surface area contributed by atoms with E-state index in [4.69, 9.17) is 4.74 Å². The number of hydrogen-bond acceptors (Lipinski definition) is 6. The second kappa shape index (κ2) is 7.74. The molecule has 4 rings (SSSR count). The van der Waals surface area contributed by atoms with Crippen LogP contribution in [0.5, 0.6) is 0 Å². The smallest absolute Gasteiger partial charge is 0.341 e. The second-order valence-corrected chi connectivity index (χ2v) is 9.03. The fourth-order valence-corrected chi connectivity index (χ4v) is 5.71. The van der Waals surface area contributed by atoms with Crippen molar-refractivity contribution in [1.29, 1.82) is 0 Å². The standard InChI is InChI=1S/C21H25N3O4S/c1-11-7-8-14-16(9-11)29-19(18(14)21(27)28-3)23-17(25)10-24-12(2)22-15-6-4-5-13(15)20(24)26/h11H,4-10H2,1-3H3,(H,23,25)/t11-/m0/s1. The van der Waals surface area contributed by atoms with E-state index in [9.17, 15) is 14.4 Å². The van der Waals surface area contributed by atoms with E-state index in [1.54, 1.807) is 6.92 Å². The van der Waals surface area contributed by atoms with Gasteiger partial charge in [0, 0.05) is 10.4 Å². The molecular weight excluding hydrogens is 390 g/mol. The van der Waals surface area contributed by atoms with Gasteiger partial charge in [-0.3, -0.25) is 14.2 Å². The molecule has 0 bridgehead atoms. The van der Waals surface area contributed by atoms with E-state index >= 15 is 0 Å². The first kappa shape index (κ1) is 19.8. The van der Waals surface area contributed by atoms with E-state index in [0.29, 0.717) is 28.7 Å². The Morgan fingerprint density at radius 1 is 1.28 bits per heavy atom. The predicted octanol–water partition coefficient (Wildman–Crippen LogP) is 2.65. The third-order valence-corrected chi connectivity index (χ3v) is 7.01. The molecule has 1 amide bonds. The van der Waals surface area contributed by atoms with Crippen LogP contribution >= 0.6 is 11.3 Å². The van der Waals surface area contributed by atoms with Crippen LogP contribution in [-0.4, -0.2) is 28.5 Å². The Bertz CT molecular complexity index is 1050. The van der Waals surface area contributed by atoms with Crippen molar-refractivity contribution in [3.8, 4) is 0 Å². The van der Waals surface area contributed by atoms with E-state index in [-0.39, 0.29) is 18.0 Å². The zero-order valence-corrected chi connectivity index (χ0v) is 17.8. The van der Waals surface area contributed by atoms with Crippen molar-refractivity contribution in [3.05, 3.63) is 43.4 Å². The summed E-state index contributed by atoms with van der Waals surface area (Å²) < 4.78 is 6.39. The molecule has 0 saturated carbocycles. The van der Waals surface area contributed by atoms with Gasteiger partial charge in [0.05, 0.1) is 18.4 Å². The van der Waals surface area contributed by atoms with Gasteiger partial charge in [0.15, 0.2) is 0 Å². The predicted molar refractivity (Wildman–Crippen MR) is 111 cm³/mol. The number of thiophene rings is 1. The Morgan fingerprint density at radius 3 is 2.83 bits per heavy atom. The molecule has 0 spiro atoms. The molecule has 0 aliphatic heterocycles. The Hall–Kier alpha value is -2.48. The van der Waals surface area contributed by atoms with Gasteiger partial charge in [-0.05, 0) is 56.9 Å². The summed E-state index contributed by atoms with van der Waals surface area (Å²) in [6, 6.07) is 0. The minimum atomic E-state index is -0.431. The van der Waals surface area contributed by atoms with Crippen LogP contribution in [0.25, 0.3) is 0 Å². The number of carbonyl (C=O) groups is 2. The van der Waals surface area contributed by atoms with Crippen molar-refractivity contribution < 1.29 is 14.3 Å². The monoisotopic (exact) mass is 415 g/mol. The molecule has 2 heterocycles. The van der Waals surface area contributed by atoms with Crippen LogP contribution in [0.4, 0.5) is 5.00 Å². The van der Waals surface area contributed by atoms with Gasteiger partial charge in [-0.1, -0.05) is 6.92 Å². The Kier molecular flexibility index (Phi) is 5.29. The number of aromatic nitrogens is 2. The van der Waals surface area contributed by atoms with Gasteiger partial charge >= 0.3 is 5.97 Å². The van der Waals surface area contributed by atoms with Crippen LogP contribution < -0.4 is 10.9 Å². The van der Waals surface area contributed by atoms with E-state index in [1.165, 1.54) is 23.0 Å². The van der Waals surface area contributed by atoms with Crippen LogP contribution in [0.1, 0.15) is 57.6 Å². The molecule has 8 heteroatoms. The number of carbonyl (C=O) groups excluding carboxylic acids is 2. The number of hydrogen-bond donors (Lipinski definition) is 1. The van der Waals surface area contributed by atoms with Crippen LogP contribution in [0.2, 0.25) is 0 Å². The van der Waals surface area contributed by atoms with Crippen molar-refractivity contribution >= 4 is 28.2 Å². The molecule has 0 unspecified atom stereocenters. The van der Waals surface area contributed by atoms with Crippen LogP contribution in [-0.2, 0) is 41.8 Å². The van der Waals surface area contributed by atoms with Crippen molar-refractivity contribution in [2.45, 2.75) is 58.9 Å². The van der Waals surface area contributed by atoms with Gasteiger partial charge in [0.25, 0.3) is 5.56 Å². The lowest BCUT2D eigenvalue weighted by molar-refractivity contribution is -0.116. The van der Waals surface area contributed by atoms with E-state index in [2.05, 4.69) is 17.2 Å². The van der Waals surface area contributed by atoms with E-state index in [0.717, 1.165) is 53.8 Å². The molecule has 2 aromatic rings. The lowest BCUT2D eigenvalue weighted by Gasteiger charge is -2.18. The van der Waals surface area contributed by atoms with Gasteiger partial charge < -0.3 is 10.1 Å². The number of aryl methyl sites for hydroxylation is 2. The van der Waals surface area contributed by atoms with E-state index < -0.39 is 5.97 Å². The molecule has 29 heavy (non-hydrogen) atoms. The normalized spacial score (nSPS) is 17.6. The first-order valence-electron chi connectivity index (χ1n) is 10.0. The Labute approximate surface area is 173 Å². The molecule has 0 saturated heterocycles. The number of methoxy groups -OCH3 is 1. The molecule has 1 N–H and O–H groups in total. The lowest BCUT2D eigenvalue weighted by Crippen LogP contribution is -2.32. The molecule has 2 aliphatic carbocycles. The fourth-order valence-electron chi connectivity index (χ4n) is 4.30. The van der Waals surface area contributed by atoms with Gasteiger partial charge in [-0.15, -0.1) is 11.3 Å². The average molecular weight is 416 g/mol. The number of nitrogens with zero attached hydrogens (tertiary/aromatic N) is 2. The molecule has 0 radical (unpaired) electrons. The largest absolute Gasteiger partial charge is 0.465 e. The highest BCUT2D eigenvalue weighted by atomic mass is 32.1. The zero-order chi connectivity index (χ0) is 20.7. The average Bonchev–Trinajstić information content (AvgIpc) is 3.28. The molecular formula is C21H25N3O4S. The summed E-state index contributed by atoms with van der Waals surface area (Å²) in [6.07, 6.45) is 5.17. The number of rotatable bonds is 4. The van der Waals surface area contributed by atoms with Crippen molar-refractivity contribution in [3.63, 3.8) is 0 Å². The Balaban J connectivity index is 1.61. The molecule has 1 atom stereocenters. The molecule has 2 aliphatic rings. The van der Waals surface area contributed by atoms with Gasteiger partial charge in [0.1, 0.15) is 17.4 Å². The number of esters is 1. The Morgan fingerprint density at radius 2 is 2.07 bits per heavy atom. The second-order valence-electron chi connectivity index (χ2n) is 7.92. The van der Waals surface area contributed by atoms with Crippen molar-refractivity contribution in [2.75, 3.05) is 12.4 Å². The number of ether oxygens (including phenoxy) is 1. The quantitative estimate of drug-likeness (QED) is 0.776. The summed E-state index contributed by atoms with van der Waals surface area (Å²) in [7, 11) is 1.35. The molecule has 0 fully saturated rings. The summed E-state index contributed by atoms with van der Waals surface area (Å²) in [5, 5.41) is 3.37. The third-order valence-electron chi connectivity index (χ3n) is 5.84. The van der Waals surface area contributed by atoms with Crippen LogP contribution in [0.15, 0.2) is 4.79 Å². The number of nitrogens with one attached hydrogen (secondary N) is 1. The lowest BCUT2D eigenvalue weighted by atomic mass is 9.88. The number of fused-ring (bicyclic) bond motifs is 2. The number of anilines is 1. The van der Waals surface area contributed by atoms with Gasteiger partial charge in [-0.25, -0.2) is 9.78 Å².